The second kappa shape index (κ2) is 10.5. The Kier molecular flexibility index (Phi) is 8.74. The number of carbonyl (C=O) groups is 2. The number of carbonyl (C=O) groups excluding carboxylic acids is 2. The molecule has 0 aliphatic carbocycles. The van der Waals surface area contributed by atoms with E-state index in [-0.39, 0.29) is 5.57 Å². The van der Waals surface area contributed by atoms with E-state index in [1.165, 1.54) is 19.6 Å². The number of nitrogens with zero attached hydrogens (tertiary/aromatic N) is 2. The monoisotopic (exact) mass is 374 g/mol. The zero-order valence-electron chi connectivity index (χ0n) is 15.2. The van der Waals surface area contributed by atoms with E-state index in [1.807, 2.05) is 11.4 Å². The Hall–Kier alpha value is -2.45. The molecule has 1 saturated heterocycles. The lowest BCUT2D eigenvalue weighted by atomic mass is 9.78. The third kappa shape index (κ3) is 5.03. The van der Waals surface area contributed by atoms with E-state index in [2.05, 4.69) is 20.8 Å². The average Bonchev–Trinajstić information content (AvgIpc) is 2.64. The average molecular weight is 375 g/mol. The Bertz CT molecular complexity index is 741. The van der Waals surface area contributed by atoms with E-state index in [9.17, 15) is 9.59 Å². The molecule has 2 atom stereocenters. The molecule has 1 fully saturated rings. The van der Waals surface area contributed by atoms with Gasteiger partial charge in [-0.1, -0.05) is 29.8 Å². The smallest absolute Gasteiger partial charge is 0.260 e. The molecular formula is C19H23ClN4O2. The molecule has 0 aromatic heterocycles. The van der Waals surface area contributed by atoms with Crippen molar-refractivity contribution in [3.8, 4) is 6.07 Å². The molecule has 2 unspecified atom stereocenters. The number of amides is 2. The fourth-order valence-corrected chi connectivity index (χ4v) is 3.04. The molecular weight excluding hydrogens is 352 g/mol. The van der Waals surface area contributed by atoms with Gasteiger partial charge in [-0.2, -0.15) is 5.26 Å². The SMILES string of the molecule is CC[NH+](CC)CC.N#CC1C(=O)NC(=O)C(=C=[N-])C1c1ccccc1Cl. The molecule has 2 amide bonds. The zero-order valence-corrected chi connectivity index (χ0v) is 15.9. The molecule has 1 aliphatic rings. The van der Waals surface area contributed by atoms with Crippen LogP contribution in [0.3, 0.4) is 0 Å². The Labute approximate surface area is 158 Å². The maximum absolute atomic E-state index is 11.7. The lowest BCUT2D eigenvalue weighted by Gasteiger charge is -2.28. The van der Waals surface area contributed by atoms with Crippen LogP contribution in [0.15, 0.2) is 29.8 Å². The molecule has 1 aromatic rings. The number of hydrogen-bond acceptors (Lipinski definition) is 3. The maximum Gasteiger partial charge on any atom is 0.260 e. The molecule has 1 heterocycles. The molecule has 0 saturated carbocycles. The van der Waals surface area contributed by atoms with Gasteiger partial charge in [0, 0.05) is 16.5 Å². The van der Waals surface area contributed by atoms with Gasteiger partial charge >= 0.3 is 0 Å². The molecule has 1 aliphatic heterocycles. The van der Waals surface area contributed by atoms with Crippen molar-refractivity contribution >= 4 is 29.3 Å². The predicted molar refractivity (Wildman–Crippen MR) is 101 cm³/mol. The van der Waals surface area contributed by atoms with E-state index < -0.39 is 23.7 Å². The fourth-order valence-electron chi connectivity index (χ4n) is 2.78. The van der Waals surface area contributed by atoms with Gasteiger partial charge in [0.05, 0.1) is 25.7 Å². The standard InChI is InChI=1S/C13H7ClN3O2.C6H15N/c14-10-4-2-1-3-7(10)11-8(5-15)12(18)17-13(19)9(11)6-16;1-4-7(5-2)6-3/h1-4,8,11H,(H,17,18,19);4-6H2,1-3H3/q-1;/p+1. The summed E-state index contributed by atoms with van der Waals surface area (Å²) in [6, 6.07) is 8.35. The van der Waals surface area contributed by atoms with Crippen molar-refractivity contribution in [1.29, 1.82) is 5.26 Å². The summed E-state index contributed by atoms with van der Waals surface area (Å²) >= 11 is 6.02. The highest BCUT2D eigenvalue weighted by Gasteiger charge is 2.41. The van der Waals surface area contributed by atoms with Crippen LogP contribution in [0, 0.1) is 17.2 Å². The van der Waals surface area contributed by atoms with E-state index in [0.717, 1.165) is 0 Å². The molecule has 0 bridgehead atoms. The van der Waals surface area contributed by atoms with Crippen molar-refractivity contribution in [1.82, 2.24) is 5.32 Å². The van der Waals surface area contributed by atoms with Gasteiger partial charge < -0.3 is 10.3 Å². The third-order valence-electron chi connectivity index (χ3n) is 4.41. The lowest BCUT2D eigenvalue weighted by molar-refractivity contribution is -0.894. The van der Waals surface area contributed by atoms with Crippen molar-refractivity contribution in [3.63, 3.8) is 0 Å². The lowest BCUT2D eigenvalue weighted by Crippen LogP contribution is -3.11. The van der Waals surface area contributed by atoms with Gasteiger partial charge in [0.25, 0.3) is 5.91 Å². The molecule has 0 radical (unpaired) electrons. The largest absolute Gasteiger partial charge is 0.763 e. The molecule has 7 heteroatoms. The van der Waals surface area contributed by atoms with Gasteiger partial charge in [-0.25, -0.2) is 0 Å². The number of rotatable bonds is 4. The Morgan fingerprint density at radius 1 is 1.19 bits per heavy atom. The van der Waals surface area contributed by atoms with Gasteiger partial charge in [0.15, 0.2) is 0 Å². The predicted octanol–water partition coefficient (Wildman–Crippen LogP) is 1.32. The Balaban J connectivity index is 0.000000412. The van der Waals surface area contributed by atoms with Gasteiger partial charge in [-0.05, 0) is 32.4 Å². The fraction of sp³-hybridized carbons (Fsp3) is 0.421. The minimum atomic E-state index is -1.15. The number of benzene rings is 1. The minimum Gasteiger partial charge on any atom is -0.763 e. The van der Waals surface area contributed by atoms with Crippen LogP contribution in [-0.2, 0) is 9.59 Å². The van der Waals surface area contributed by atoms with Crippen LogP contribution in [0.5, 0.6) is 0 Å². The first kappa shape index (κ1) is 21.6. The van der Waals surface area contributed by atoms with Gasteiger partial charge in [0.1, 0.15) is 5.92 Å². The van der Waals surface area contributed by atoms with Gasteiger partial charge in [-0.15, -0.1) is 0 Å². The van der Waals surface area contributed by atoms with Crippen molar-refractivity contribution < 1.29 is 14.5 Å². The van der Waals surface area contributed by atoms with Crippen LogP contribution in [0.1, 0.15) is 32.3 Å². The van der Waals surface area contributed by atoms with Crippen molar-refractivity contribution in [2.75, 3.05) is 19.6 Å². The molecule has 6 nitrogen and oxygen atoms in total. The highest BCUT2D eigenvalue weighted by atomic mass is 35.5. The van der Waals surface area contributed by atoms with Crippen molar-refractivity contribution in [2.24, 2.45) is 5.92 Å². The van der Waals surface area contributed by atoms with Gasteiger partial charge in [-0.3, -0.25) is 20.8 Å². The minimum absolute atomic E-state index is 0.181. The number of quaternary nitrogens is 1. The molecule has 2 N–H and O–H groups in total. The molecule has 138 valence electrons. The highest BCUT2D eigenvalue weighted by molar-refractivity contribution is 6.31. The van der Waals surface area contributed by atoms with Crippen LogP contribution >= 0.6 is 11.6 Å². The van der Waals surface area contributed by atoms with E-state index >= 15 is 0 Å². The summed E-state index contributed by atoms with van der Waals surface area (Å²) < 4.78 is 0. The number of halogens is 1. The highest BCUT2D eigenvalue weighted by Crippen LogP contribution is 2.37. The Morgan fingerprint density at radius 3 is 2.19 bits per heavy atom. The third-order valence-corrected chi connectivity index (χ3v) is 4.75. The quantitative estimate of drug-likeness (QED) is 0.472. The van der Waals surface area contributed by atoms with Gasteiger partial charge in [0.2, 0.25) is 5.91 Å². The Morgan fingerprint density at radius 2 is 1.77 bits per heavy atom. The topological polar surface area (TPSA) is 96.7 Å². The number of piperidine rings is 1. The second-order valence-electron chi connectivity index (χ2n) is 5.76. The van der Waals surface area contributed by atoms with Crippen molar-refractivity contribution in [2.45, 2.75) is 26.7 Å². The van der Waals surface area contributed by atoms with E-state index in [0.29, 0.717) is 10.6 Å². The van der Waals surface area contributed by atoms with E-state index in [1.54, 1.807) is 35.0 Å². The molecule has 26 heavy (non-hydrogen) atoms. The summed E-state index contributed by atoms with van der Waals surface area (Å²) in [5.74, 6) is -1.80. The van der Waals surface area contributed by atoms with Crippen molar-refractivity contribution in [3.05, 3.63) is 45.8 Å². The number of nitriles is 1. The van der Waals surface area contributed by atoms with Crippen LogP contribution in [-0.4, -0.2) is 37.3 Å². The maximum atomic E-state index is 11.7. The van der Waals surface area contributed by atoms with Crippen LogP contribution in [0.4, 0.5) is 0 Å². The summed E-state index contributed by atoms with van der Waals surface area (Å²) in [5.41, 5.74) is 0.245. The van der Waals surface area contributed by atoms with Crippen LogP contribution in [0.2, 0.25) is 5.02 Å². The second-order valence-corrected chi connectivity index (χ2v) is 6.17. The summed E-state index contributed by atoms with van der Waals surface area (Å²) in [6.07, 6.45) is 0. The first-order chi connectivity index (χ1) is 12.4. The van der Waals surface area contributed by atoms with E-state index in [4.69, 9.17) is 22.3 Å². The first-order valence-electron chi connectivity index (χ1n) is 8.54. The summed E-state index contributed by atoms with van der Waals surface area (Å²) in [4.78, 5) is 25.0. The van der Waals surface area contributed by atoms with Crippen LogP contribution in [0.25, 0.3) is 5.41 Å². The summed E-state index contributed by atoms with van der Waals surface area (Å²) in [7, 11) is 0. The molecule has 1 aromatic carbocycles. The summed E-state index contributed by atoms with van der Waals surface area (Å²) in [5, 5.41) is 20.5. The number of nitrogens with one attached hydrogen (secondary N) is 2. The van der Waals surface area contributed by atoms with Crippen LogP contribution < -0.4 is 10.2 Å². The first-order valence-corrected chi connectivity index (χ1v) is 8.92. The number of imide groups is 1. The molecule has 0 spiro atoms. The normalized spacial score (nSPS) is 19.2. The number of hydrogen-bond donors (Lipinski definition) is 2. The zero-order chi connectivity index (χ0) is 19.7. The summed E-state index contributed by atoms with van der Waals surface area (Å²) in [6.45, 7) is 10.5. The molecule has 2 rings (SSSR count).